The molecule has 0 bridgehead atoms. The molecule has 1 N–H and O–H groups in total. The molecule has 0 unspecified atom stereocenters. The predicted molar refractivity (Wildman–Crippen MR) is 85.1 cm³/mol. The molecule has 1 saturated carbocycles. The number of hydrogen-bond acceptors (Lipinski definition) is 6. The molecule has 1 spiro atoms. The van der Waals surface area contributed by atoms with Crippen LogP contribution in [0.1, 0.15) is 70.0 Å². The van der Waals surface area contributed by atoms with Crippen LogP contribution in [0.5, 0.6) is 0 Å². The van der Waals surface area contributed by atoms with Gasteiger partial charge in [0, 0.05) is 18.9 Å². The summed E-state index contributed by atoms with van der Waals surface area (Å²) in [4.78, 5) is 28.6. The van der Waals surface area contributed by atoms with Crippen LogP contribution < -0.4 is 5.32 Å². The fraction of sp³-hybridized carbons (Fsp3) is 0.765. The molecule has 7 heteroatoms. The highest BCUT2D eigenvalue weighted by Gasteiger charge is 2.52. The van der Waals surface area contributed by atoms with Crippen LogP contribution in [-0.2, 0) is 20.7 Å². The number of amides is 1. The van der Waals surface area contributed by atoms with E-state index in [0.717, 1.165) is 32.1 Å². The van der Waals surface area contributed by atoms with Gasteiger partial charge in [-0.05, 0) is 25.7 Å². The molecular weight excluding hydrogens is 310 g/mol. The Morgan fingerprint density at radius 3 is 2.75 bits per heavy atom. The normalized spacial score (nSPS) is 22.8. The molecule has 3 rings (SSSR count). The Kier molecular flexibility index (Phi) is 4.87. The maximum absolute atomic E-state index is 12.6. The van der Waals surface area contributed by atoms with E-state index in [4.69, 9.17) is 9.26 Å². The SMILES string of the molecule is CC(C)c1noc(CCNC(=O)[C@H]2CC(=O)OC23CCCCC3)n1. The molecule has 1 aromatic rings. The molecule has 24 heavy (non-hydrogen) atoms. The van der Waals surface area contributed by atoms with Crippen LogP contribution in [0.2, 0.25) is 0 Å². The molecule has 7 nitrogen and oxygen atoms in total. The van der Waals surface area contributed by atoms with Gasteiger partial charge in [0.05, 0.1) is 12.3 Å². The van der Waals surface area contributed by atoms with Crippen molar-refractivity contribution in [2.24, 2.45) is 5.92 Å². The average Bonchev–Trinajstić information content (AvgIpc) is 3.13. The minimum Gasteiger partial charge on any atom is -0.458 e. The number of nitrogens with one attached hydrogen (secondary N) is 1. The first-order chi connectivity index (χ1) is 11.5. The lowest BCUT2D eigenvalue weighted by Gasteiger charge is -2.36. The van der Waals surface area contributed by atoms with Crippen molar-refractivity contribution < 1.29 is 18.8 Å². The van der Waals surface area contributed by atoms with Gasteiger partial charge in [0.15, 0.2) is 5.82 Å². The summed E-state index contributed by atoms with van der Waals surface area (Å²) in [5.74, 6) is 0.670. The zero-order valence-corrected chi connectivity index (χ0v) is 14.3. The molecule has 2 heterocycles. The van der Waals surface area contributed by atoms with Crippen LogP contribution in [0.3, 0.4) is 0 Å². The smallest absolute Gasteiger partial charge is 0.307 e. The van der Waals surface area contributed by atoms with Gasteiger partial charge in [-0.1, -0.05) is 25.4 Å². The van der Waals surface area contributed by atoms with Crippen molar-refractivity contribution in [2.75, 3.05) is 6.54 Å². The second-order valence-electron chi connectivity index (χ2n) is 7.10. The van der Waals surface area contributed by atoms with Crippen LogP contribution in [0.4, 0.5) is 0 Å². The summed E-state index contributed by atoms with van der Waals surface area (Å²) in [5, 5.41) is 6.81. The number of carbonyl (C=O) groups is 2. The van der Waals surface area contributed by atoms with Crippen LogP contribution in [0.25, 0.3) is 0 Å². The molecule has 0 aromatic carbocycles. The first-order valence-electron chi connectivity index (χ1n) is 8.82. The summed E-state index contributed by atoms with van der Waals surface area (Å²) in [5.41, 5.74) is -0.575. The van der Waals surface area contributed by atoms with E-state index < -0.39 is 5.60 Å². The third-order valence-electron chi connectivity index (χ3n) is 4.98. The minimum atomic E-state index is -0.575. The van der Waals surface area contributed by atoms with E-state index in [9.17, 15) is 9.59 Å². The van der Waals surface area contributed by atoms with Crippen molar-refractivity contribution >= 4 is 11.9 Å². The molecule has 2 fully saturated rings. The summed E-state index contributed by atoms with van der Waals surface area (Å²) >= 11 is 0. The summed E-state index contributed by atoms with van der Waals surface area (Å²) in [6, 6.07) is 0. The van der Waals surface area contributed by atoms with E-state index in [-0.39, 0.29) is 30.1 Å². The Balaban J connectivity index is 1.54. The van der Waals surface area contributed by atoms with Crippen LogP contribution in [0.15, 0.2) is 4.52 Å². The standard InChI is InChI=1S/C17H25N3O4/c1-11(2)15-19-13(24-20-15)6-9-18-16(22)12-10-14(21)23-17(12)7-4-3-5-8-17/h11-12H,3-10H2,1-2H3,(H,18,22)/t12-/m1/s1. The van der Waals surface area contributed by atoms with Crippen molar-refractivity contribution in [1.82, 2.24) is 15.5 Å². The van der Waals surface area contributed by atoms with Gasteiger partial charge in [0.25, 0.3) is 0 Å². The number of rotatable bonds is 5. The lowest BCUT2D eigenvalue weighted by molar-refractivity contribution is -0.153. The minimum absolute atomic E-state index is 0.105. The van der Waals surface area contributed by atoms with Gasteiger partial charge in [0.2, 0.25) is 11.8 Å². The molecule has 1 aliphatic carbocycles. The van der Waals surface area contributed by atoms with Gasteiger partial charge in [-0.25, -0.2) is 0 Å². The van der Waals surface area contributed by atoms with Crippen LogP contribution in [-0.4, -0.2) is 34.2 Å². The highest BCUT2D eigenvalue weighted by molar-refractivity contribution is 5.87. The van der Waals surface area contributed by atoms with Crippen LogP contribution >= 0.6 is 0 Å². The highest BCUT2D eigenvalue weighted by atomic mass is 16.6. The van der Waals surface area contributed by atoms with Gasteiger partial charge >= 0.3 is 5.97 Å². The fourth-order valence-electron chi connectivity index (χ4n) is 3.64. The summed E-state index contributed by atoms with van der Waals surface area (Å²) in [7, 11) is 0. The maximum atomic E-state index is 12.6. The van der Waals surface area contributed by atoms with E-state index in [1.54, 1.807) is 0 Å². The van der Waals surface area contributed by atoms with Gasteiger partial charge in [-0.2, -0.15) is 4.98 Å². The molecular formula is C17H25N3O4. The van der Waals surface area contributed by atoms with Crippen molar-refractivity contribution in [1.29, 1.82) is 0 Å². The zero-order valence-electron chi connectivity index (χ0n) is 14.3. The van der Waals surface area contributed by atoms with Gasteiger partial charge in [0.1, 0.15) is 5.60 Å². The second kappa shape index (κ2) is 6.91. The lowest BCUT2D eigenvalue weighted by Crippen LogP contribution is -2.46. The van der Waals surface area contributed by atoms with E-state index in [2.05, 4.69) is 15.5 Å². The largest absolute Gasteiger partial charge is 0.458 e. The first-order valence-corrected chi connectivity index (χ1v) is 8.82. The van der Waals surface area contributed by atoms with Gasteiger partial charge in [-0.3, -0.25) is 9.59 Å². The van der Waals surface area contributed by atoms with E-state index >= 15 is 0 Å². The van der Waals surface area contributed by atoms with Crippen molar-refractivity contribution in [2.45, 2.75) is 70.3 Å². The van der Waals surface area contributed by atoms with Gasteiger partial charge in [-0.15, -0.1) is 0 Å². The number of carbonyl (C=O) groups excluding carboxylic acids is 2. The Bertz CT molecular complexity index is 605. The average molecular weight is 335 g/mol. The zero-order chi connectivity index (χ0) is 17.2. The Morgan fingerprint density at radius 2 is 2.08 bits per heavy atom. The topological polar surface area (TPSA) is 94.3 Å². The molecule has 1 aromatic heterocycles. The first kappa shape index (κ1) is 16.9. The number of ether oxygens (including phenoxy) is 1. The van der Waals surface area contributed by atoms with E-state index in [1.807, 2.05) is 13.8 Å². The highest BCUT2D eigenvalue weighted by Crippen LogP contribution is 2.44. The fourth-order valence-corrected chi connectivity index (χ4v) is 3.64. The number of esters is 1. The quantitative estimate of drug-likeness (QED) is 0.828. The maximum Gasteiger partial charge on any atom is 0.307 e. The third kappa shape index (κ3) is 3.44. The third-order valence-corrected chi connectivity index (χ3v) is 4.98. The molecule has 132 valence electrons. The lowest BCUT2D eigenvalue weighted by atomic mass is 9.75. The van der Waals surface area contributed by atoms with E-state index in [1.165, 1.54) is 0 Å². The summed E-state index contributed by atoms with van der Waals surface area (Å²) in [6.45, 7) is 4.41. The number of nitrogens with zero attached hydrogens (tertiary/aromatic N) is 2. The second-order valence-corrected chi connectivity index (χ2v) is 7.10. The van der Waals surface area contributed by atoms with Gasteiger partial charge < -0.3 is 14.6 Å². The molecule has 0 radical (unpaired) electrons. The molecule has 1 aliphatic heterocycles. The Morgan fingerprint density at radius 1 is 1.33 bits per heavy atom. The predicted octanol–water partition coefficient (Wildman–Crippen LogP) is 2.12. The number of hydrogen-bond donors (Lipinski definition) is 1. The molecule has 2 aliphatic rings. The summed E-state index contributed by atoms with van der Waals surface area (Å²) in [6.07, 6.45) is 5.41. The molecule has 1 amide bonds. The van der Waals surface area contributed by atoms with E-state index in [0.29, 0.717) is 24.7 Å². The molecule has 1 saturated heterocycles. The summed E-state index contributed by atoms with van der Waals surface area (Å²) < 4.78 is 10.7. The van der Waals surface area contributed by atoms with Crippen LogP contribution in [0, 0.1) is 5.92 Å². The Hall–Kier alpha value is -1.92. The van der Waals surface area contributed by atoms with Crippen molar-refractivity contribution in [3.05, 3.63) is 11.7 Å². The Labute approximate surface area is 141 Å². The molecule has 1 atom stereocenters. The van der Waals surface area contributed by atoms with Crippen molar-refractivity contribution in [3.8, 4) is 0 Å². The van der Waals surface area contributed by atoms with Crippen molar-refractivity contribution in [3.63, 3.8) is 0 Å². The monoisotopic (exact) mass is 335 g/mol. The number of aromatic nitrogens is 2.